The number of aromatic nitrogens is 4. The molecule has 0 atom stereocenters. The summed E-state index contributed by atoms with van der Waals surface area (Å²) in [7, 11) is 0. The molecule has 0 radical (unpaired) electrons. The molecule has 9 nitrogen and oxygen atoms in total. The van der Waals surface area contributed by atoms with E-state index in [2.05, 4.69) is 26.3 Å². The Labute approximate surface area is 182 Å². The van der Waals surface area contributed by atoms with E-state index >= 15 is 0 Å². The van der Waals surface area contributed by atoms with Crippen molar-refractivity contribution in [2.24, 2.45) is 10.7 Å². The maximum atomic E-state index is 9.30. The van der Waals surface area contributed by atoms with Crippen molar-refractivity contribution in [3.05, 3.63) is 65.1 Å². The van der Waals surface area contributed by atoms with Crippen LogP contribution in [0.3, 0.4) is 0 Å². The molecular weight excluding hydrogens is 414 g/mol. The lowest BCUT2D eigenvalue weighted by Crippen LogP contribution is -2.22. The molecule has 150 valence electrons. The van der Waals surface area contributed by atoms with Gasteiger partial charge in [0.1, 0.15) is 16.7 Å². The van der Waals surface area contributed by atoms with E-state index in [1.54, 1.807) is 47.2 Å². The zero-order valence-corrected chi connectivity index (χ0v) is 17.0. The molecule has 3 aromatic heterocycles. The first-order chi connectivity index (χ1) is 15.0. The molecule has 4 aromatic rings. The van der Waals surface area contributed by atoms with Gasteiger partial charge in [0.05, 0.1) is 17.2 Å². The molecule has 1 aromatic carbocycles. The summed E-state index contributed by atoms with van der Waals surface area (Å²) in [5.74, 6) is 0.310. The molecule has 0 spiro atoms. The lowest BCUT2D eigenvalue weighted by atomic mass is 10.00. The van der Waals surface area contributed by atoms with E-state index < -0.39 is 0 Å². The van der Waals surface area contributed by atoms with Crippen molar-refractivity contribution in [3.63, 3.8) is 0 Å². The first-order valence-electron chi connectivity index (χ1n) is 9.02. The molecule has 10 heteroatoms. The molecular formula is C21H14ClN9. The van der Waals surface area contributed by atoms with Crippen molar-refractivity contribution in [2.45, 2.75) is 6.92 Å². The van der Waals surface area contributed by atoms with Gasteiger partial charge in [0, 0.05) is 17.5 Å². The van der Waals surface area contributed by atoms with Gasteiger partial charge < -0.3 is 11.1 Å². The molecule has 0 bridgehead atoms. The van der Waals surface area contributed by atoms with E-state index in [1.807, 2.05) is 19.1 Å². The van der Waals surface area contributed by atoms with Crippen molar-refractivity contribution >= 4 is 29.0 Å². The standard InChI is InChI=1S/C21H14ClN9/c1-12-7-15(9-16(22)27-12)18-19(14-4-2-3-13(8-14)10-23)30-31-6-5-17(28-20(18)31)29-21(25)26-11-24/h2-9H,1H3,(H3,25,26,28,29). The second-order valence-corrected chi connectivity index (χ2v) is 6.93. The third-order valence-corrected chi connectivity index (χ3v) is 4.58. The van der Waals surface area contributed by atoms with Crippen LogP contribution in [0.15, 0.2) is 53.7 Å². The molecule has 0 unspecified atom stereocenters. The molecule has 0 fully saturated rings. The number of nitrogens with zero attached hydrogens (tertiary/aromatic N) is 7. The number of nitriles is 2. The maximum absolute atomic E-state index is 9.30. The lowest BCUT2D eigenvalue weighted by Gasteiger charge is -2.07. The third kappa shape index (κ3) is 3.99. The van der Waals surface area contributed by atoms with E-state index in [9.17, 15) is 5.26 Å². The second kappa shape index (κ2) is 8.11. The Morgan fingerprint density at radius 2 is 2.00 bits per heavy atom. The van der Waals surface area contributed by atoms with Crippen LogP contribution >= 0.6 is 11.6 Å². The van der Waals surface area contributed by atoms with Crippen LogP contribution in [0, 0.1) is 29.7 Å². The average molecular weight is 428 g/mol. The number of aliphatic imine (C=N–C) groups is 1. The minimum absolute atomic E-state index is 0.0786. The molecule has 0 saturated heterocycles. The molecule has 0 aliphatic heterocycles. The third-order valence-electron chi connectivity index (χ3n) is 4.39. The summed E-state index contributed by atoms with van der Waals surface area (Å²) in [6.45, 7) is 1.84. The van der Waals surface area contributed by atoms with Gasteiger partial charge in [0.25, 0.3) is 0 Å². The van der Waals surface area contributed by atoms with Gasteiger partial charge in [-0.15, -0.1) is 4.99 Å². The van der Waals surface area contributed by atoms with Gasteiger partial charge in [-0.05, 0) is 42.8 Å². The molecule has 0 saturated carbocycles. The molecule has 3 heterocycles. The number of pyridine rings is 1. The van der Waals surface area contributed by atoms with Crippen LogP contribution in [-0.4, -0.2) is 25.5 Å². The topological polar surface area (TPSA) is 141 Å². The fourth-order valence-electron chi connectivity index (χ4n) is 3.19. The Hall–Kier alpha value is -4.47. The van der Waals surface area contributed by atoms with Gasteiger partial charge >= 0.3 is 0 Å². The Balaban J connectivity index is 1.99. The van der Waals surface area contributed by atoms with Crippen LogP contribution in [0.5, 0.6) is 0 Å². The highest BCUT2D eigenvalue weighted by Gasteiger charge is 2.19. The monoisotopic (exact) mass is 427 g/mol. The highest BCUT2D eigenvalue weighted by Crippen LogP contribution is 2.36. The van der Waals surface area contributed by atoms with Crippen LogP contribution in [0.2, 0.25) is 5.15 Å². The number of hydrogen-bond acceptors (Lipinski definition) is 6. The fraction of sp³-hybridized carbons (Fsp3) is 0.0476. The molecule has 3 N–H and O–H groups in total. The van der Waals surface area contributed by atoms with Gasteiger partial charge in [0.15, 0.2) is 5.65 Å². The van der Waals surface area contributed by atoms with Gasteiger partial charge in [-0.2, -0.15) is 15.6 Å². The predicted molar refractivity (Wildman–Crippen MR) is 117 cm³/mol. The van der Waals surface area contributed by atoms with Crippen LogP contribution in [0.25, 0.3) is 28.0 Å². The Bertz CT molecular complexity index is 1400. The smallest absolute Gasteiger partial charge is 0.210 e. The number of rotatable bonds is 3. The summed E-state index contributed by atoms with van der Waals surface area (Å²) in [6, 6.07) is 14.6. The normalized spacial score (nSPS) is 11.2. The van der Waals surface area contributed by atoms with Gasteiger partial charge in [-0.3, -0.25) is 0 Å². The van der Waals surface area contributed by atoms with E-state index in [-0.39, 0.29) is 5.96 Å². The van der Waals surface area contributed by atoms with Crippen LogP contribution < -0.4 is 11.1 Å². The molecule has 31 heavy (non-hydrogen) atoms. The zero-order valence-electron chi connectivity index (χ0n) is 16.2. The molecule has 4 rings (SSSR count). The van der Waals surface area contributed by atoms with E-state index in [0.29, 0.717) is 33.4 Å². The van der Waals surface area contributed by atoms with E-state index in [4.69, 9.17) is 27.7 Å². The maximum Gasteiger partial charge on any atom is 0.210 e. The average Bonchev–Trinajstić information content (AvgIpc) is 3.12. The molecule has 0 aliphatic carbocycles. The number of nitrogens with one attached hydrogen (secondary N) is 1. The van der Waals surface area contributed by atoms with E-state index in [1.165, 1.54) is 0 Å². The summed E-state index contributed by atoms with van der Waals surface area (Å²) in [6.07, 6.45) is 3.33. The van der Waals surface area contributed by atoms with Crippen molar-refractivity contribution in [3.8, 4) is 34.6 Å². The number of benzene rings is 1. The van der Waals surface area contributed by atoms with Gasteiger partial charge in [-0.1, -0.05) is 23.7 Å². The first-order valence-corrected chi connectivity index (χ1v) is 9.40. The second-order valence-electron chi connectivity index (χ2n) is 6.54. The van der Waals surface area contributed by atoms with E-state index in [0.717, 1.165) is 16.8 Å². The molecule has 0 amide bonds. The lowest BCUT2D eigenvalue weighted by molar-refractivity contribution is 0.945. The summed E-state index contributed by atoms with van der Waals surface area (Å²) >= 11 is 6.22. The largest absolute Gasteiger partial charge is 0.369 e. The number of halogens is 1. The summed E-state index contributed by atoms with van der Waals surface area (Å²) < 4.78 is 1.62. The zero-order chi connectivity index (χ0) is 22.0. The van der Waals surface area contributed by atoms with Crippen LogP contribution in [0.1, 0.15) is 11.3 Å². The highest BCUT2D eigenvalue weighted by molar-refractivity contribution is 6.29. The summed E-state index contributed by atoms with van der Waals surface area (Å²) in [4.78, 5) is 12.3. The number of fused-ring (bicyclic) bond motifs is 1. The predicted octanol–water partition coefficient (Wildman–Crippen LogP) is 3.50. The van der Waals surface area contributed by atoms with Crippen molar-refractivity contribution < 1.29 is 0 Å². The van der Waals surface area contributed by atoms with Crippen molar-refractivity contribution in [1.29, 1.82) is 10.5 Å². The van der Waals surface area contributed by atoms with Crippen molar-refractivity contribution in [1.82, 2.24) is 19.6 Å². The number of guanidine groups is 1. The minimum Gasteiger partial charge on any atom is -0.369 e. The van der Waals surface area contributed by atoms with Gasteiger partial charge in [0.2, 0.25) is 12.2 Å². The minimum atomic E-state index is -0.0786. The Morgan fingerprint density at radius 1 is 1.16 bits per heavy atom. The first kappa shape index (κ1) is 19.8. The number of aryl methyl sites for hydroxylation is 1. The molecule has 0 aliphatic rings. The summed E-state index contributed by atoms with van der Waals surface area (Å²) in [5, 5.41) is 25.8. The van der Waals surface area contributed by atoms with Crippen LogP contribution in [0.4, 0.5) is 5.82 Å². The summed E-state index contributed by atoms with van der Waals surface area (Å²) in [5.41, 5.74) is 10.3. The highest BCUT2D eigenvalue weighted by atomic mass is 35.5. The Morgan fingerprint density at radius 3 is 2.74 bits per heavy atom. The van der Waals surface area contributed by atoms with Crippen LogP contribution in [-0.2, 0) is 0 Å². The fourth-order valence-corrected chi connectivity index (χ4v) is 3.44. The SMILES string of the molecule is Cc1cc(-c2c(-c3cccc(C#N)c3)nn3ccc(N/C(N)=N\C#N)nc23)cc(Cl)n1. The Kier molecular flexibility index (Phi) is 5.19. The number of nitrogens with two attached hydrogens (primary N) is 1. The number of hydrogen-bond donors (Lipinski definition) is 2. The number of anilines is 1. The van der Waals surface area contributed by atoms with Gasteiger partial charge in [-0.25, -0.2) is 14.5 Å². The van der Waals surface area contributed by atoms with Crippen molar-refractivity contribution in [2.75, 3.05) is 5.32 Å². The quantitative estimate of drug-likeness (QED) is 0.220.